The van der Waals surface area contributed by atoms with Crippen LogP contribution in [0.4, 0.5) is 5.69 Å². The molecular weight excluding hydrogens is 290 g/mol. The van der Waals surface area contributed by atoms with Crippen molar-refractivity contribution < 1.29 is 14.8 Å². The lowest BCUT2D eigenvalue weighted by molar-refractivity contribution is -0.387. The molecule has 2 aromatic rings. The Morgan fingerprint density at radius 3 is 2.52 bits per heavy atom. The van der Waals surface area contributed by atoms with E-state index in [4.69, 9.17) is 0 Å². The van der Waals surface area contributed by atoms with Gasteiger partial charge in [0.2, 0.25) is 0 Å². The number of carbonyl (C=O) groups is 1. The Hall–Kier alpha value is -2.34. The molecule has 2 aromatic carbocycles. The topological polar surface area (TPSA) is 80.4 Å². The molecule has 21 heavy (non-hydrogen) atoms. The molecule has 0 unspecified atom stereocenters. The fourth-order valence-corrected chi connectivity index (χ4v) is 3.06. The average Bonchev–Trinajstić information content (AvgIpc) is 2.41. The SMILES string of the molecule is Cc1ccc(Sc2c(C(=O)O)cccc2[N+](=O)[O-])c(C)c1. The van der Waals surface area contributed by atoms with Crippen LogP contribution in [-0.2, 0) is 0 Å². The van der Waals surface area contributed by atoms with Crippen molar-refractivity contribution in [3.8, 4) is 0 Å². The van der Waals surface area contributed by atoms with E-state index < -0.39 is 10.9 Å². The predicted octanol–water partition coefficient (Wildman–Crippen LogP) is 4.06. The van der Waals surface area contributed by atoms with Crippen molar-refractivity contribution in [2.45, 2.75) is 23.6 Å². The van der Waals surface area contributed by atoms with Crippen molar-refractivity contribution in [2.75, 3.05) is 0 Å². The third kappa shape index (κ3) is 3.22. The van der Waals surface area contributed by atoms with Crippen LogP contribution in [0.15, 0.2) is 46.2 Å². The van der Waals surface area contributed by atoms with E-state index >= 15 is 0 Å². The summed E-state index contributed by atoms with van der Waals surface area (Å²) in [4.78, 5) is 22.8. The zero-order chi connectivity index (χ0) is 15.6. The molecule has 0 bridgehead atoms. The molecule has 0 atom stereocenters. The number of rotatable bonds is 4. The van der Waals surface area contributed by atoms with Gasteiger partial charge in [-0.15, -0.1) is 0 Å². The number of nitro benzene ring substituents is 1. The molecule has 0 saturated carbocycles. The molecule has 0 fully saturated rings. The molecule has 0 spiro atoms. The van der Waals surface area contributed by atoms with Crippen molar-refractivity contribution in [3.05, 3.63) is 63.2 Å². The van der Waals surface area contributed by atoms with Gasteiger partial charge in [0.05, 0.1) is 10.5 Å². The molecule has 0 saturated heterocycles. The van der Waals surface area contributed by atoms with Crippen LogP contribution in [0, 0.1) is 24.0 Å². The molecule has 2 rings (SSSR count). The Kier molecular flexibility index (Phi) is 4.28. The number of aromatic carboxylic acids is 1. The fourth-order valence-electron chi connectivity index (χ4n) is 1.97. The maximum atomic E-state index is 11.3. The van der Waals surface area contributed by atoms with Crippen molar-refractivity contribution in [1.29, 1.82) is 0 Å². The van der Waals surface area contributed by atoms with Crippen LogP contribution in [0.25, 0.3) is 0 Å². The zero-order valence-corrected chi connectivity index (χ0v) is 12.3. The summed E-state index contributed by atoms with van der Waals surface area (Å²) in [5.74, 6) is -1.18. The average molecular weight is 303 g/mol. The minimum atomic E-state index is -1.18. The minimum Gasteiger partial charge on any atom is -0.478 e. The first kappa shape index (κ1) is 15.1. The highest BCUT2D eigenvalue weighted by Gasteiger charge is 2.22. The summed E-state index contributed by atoms with van der Waals surface area (Å²) in [7, 11) is 0. The van der Waals surface area contributed by atoms with Crippen molar-refractivity contribution in [2.24, 2.45) is 0 Å². The molecule has 0 aliphatic carbocycles. The molecule has 1 N–H and O–H groups in total. The molecular formula is C15H13NO4S. The fraction of sp³-hybridized carbons (Fsp3) is 0.133. The van der Waals surface area contributed by atoms with Crippen molar-refractivity contribution in [3.63, 3.8) is 0 Å². The summed E-state index contributed by atoms with van der Waals surface area (Å²) in [5, 5.41) is 20.4. The lowest BCUT2D eigenvalue weighted by Crippen LogP contribution is -2.02. The Morgan fingerprint density at radius 1 is 1.24 bits per heavy atom. The van der Waals surface area contributed by atoms with Crippen LogP contribution in [-0.4, -0.2) is 16.0 Å². The van der Waals surface area contributed by atoms with Gasteiger partial charge < -0.3 is 5.11 Å². The second kappa shape index (κ2) is 5.97. The number of nitro groups is 1. The molecule has 5 nitrogen and oxygen atoms in total. The summed E-state index contributed by atoms with van der Waals surface area (Å²) >= 11 is 1.11. The maximum Gasteiger partial charge on any atom is 0.337 e. The number of nitrogens with zero attached hydrogens (tertiary/aromatic N) is 1. The van der Waals surface area contributed by atoms with Crippen molar-refractivity contribution in [1.82, 2.24) is 0 Å². The molecule has 0 aliphatic rings. The monoisotopic (exact) mass is 303 g/mol. The van der Waals surface area contributed by atoms with Crippen LogP contribution in [0.2, 0.25) is 0 Å². The van der Waals surface area contributed by atoms with E-state index in [0.29, 0.717) is 0 Å². The lowest BCUT2D eigenvalue weighted by atomic mass is 10.2. The standard InChI is InChI=1S/C15H13NO4S/c1-9-6-7-13(10(2)8-9)21-14-11(15(17)18)4-3-5-12(14)16(19)20/h3-8H,1-2H3,(H,17,18). The summed E-state index contributed by atoms with van der Waals surface area (Å²) in [6.45, 7) is 3.85. The second-order valence-corrected chi connectivity index (χ2v) is 5.64. The predicted molar refractivity (Wildman–Crippen MR) is 80.1 cm³/mol. The van der Waals surface area contributed by atoms with E-state index in [-0.39, 0.29) is 16.1 Å². The third-order valence-corrected chi connectivity index (χ3v) is 4.27. The number of carboxylic acids is 1. The van der Waals surface area contributed by atoms with Gasteiger partial charge in [-0.2, -0.15) is 0 Å². The minimum absolute atomic E-state index is 0.0609. The van der Waals surface area contributed by atoms with Gasteiger partial charge >= 0.3 is 5.97 Å². The Labute approximate surface area is 125 Å². The molecule has 0 radical (unpaired) electrons. The van der Waals surface area contributed by atoms with Crippen LogP contribution in [0.5, 0.6) is 0 Å². The van der Waals surface area contributed by atoms with Gasteiger partial charge in [-0.25, -0.2) is 4.79 Å². The van der Waals surface area contributed by atoms with Gasteiger partial charge in [-0.05, 0) is 31.5 Å². The molecule has 0 amide bonds. The number of hydrogen-bond acceptors (Lipinski definition) is 4. The van der Waals surface area contributed by atoms with Gasteiger partial charge in [0.25, 0.3) is 5.69 Å². The molecule has 0 heterocycles. The van der Waals surface area contributed by atoms with E-state index in [1.54, 1.807) is 0 Å². The smallest absolute Gasteiger partial charge is 0.337 e. The van der Waals surface area contributed by atoms with Gasteiger partial charge in [0.15, 0.2) is 0 Å². The highest BCUT2D eigenvalue weighted by Crippen LogP contribution is 2.39. The van der Waals surface area contributed by atoms with E-state index in [1.165, 1.54) is 18.2 Å². The largest absolute Gasteiger partial charge is 0.478 e. The Morgan fingerprint density at radius 2 is 1.95 bits per heavy atom. The van der Waals surface area contributed by atoms with Crippen molar-refractivity contribution >= 4 is 23.4 Å². The lowest BCUT2D eigenvalue weighted by Gasteiger charge is -2.09. The Bertz CT molecular complexity index is 695. The van der Waals surface area contributed by atoms with Gasteiger partial charge in [-0.3, -0.25) is 10.1 Å². The van der Waals surface area contributed by atoms with Gasteiger partial charge in [0, 0.05) is 11.0 Å². The van der Waals surface area contributed by atoms with Crippen LogP contribution < -0.4 is 0 Å². The number of aryl methyl sites for hydroxylation is 2. The number of carboxylic acid groups (broad SMARTS) is 1. The van der Waals surface area contributed by atoms with Crippen LogP contribution >= 0.6 is 11.8 Å². The first-order valence-electron chi connectivity index (χ1n) is 6.16. The van der Waals surface area contributed by atoms with Crippen LogP contribution in [0.1, 0.15) is 21.5 Å². The molecule has 0 aliphatic heterocycles. The van der Waals surface area contributed by atoms with Gasteiger partial charge in [0.1, 0.15) is 4.90 Å². The zero-order valence-electron chi connectivity index (χ0n) is 11.5. The first-order valence-corrected chi connectivity index (χ1v) is 6.97. The normalized spacial score (nSPS) is 10.4. The summed E-state index contributed by atoms with van der Waals surface area (Å²) in [5.41, 5.74) is 1.78. The summed E-state index contributed by atoms with van der Waals surface area (Å²) in [6.07, 6.45) is 0. The third-order valence-electron chi connectivity index (χ3n) is 2.96. The van der Waals surface area contributed by atoms with E-state index in [2.05, 4.69) is 0 Å². The van der Waals surface area contributed by atoms with E-state index in [0.717, 1.165) is 27.8 Å². The quantitative estimate of drug-likeness (QED) is 0.680. The highest BCUT2D eigenvalue weighted by atomic mass is 32.2. The molecule has 6 heteroatoms. The van der Waals surface area contributed by atoms with Crippen LogP contribution in [0.3, 0.4) is 0 Å². The molecule has 0 aromatic heterocycles. The summed E-state index contributed by atoms with van der Waals surface area (Å²) < 4.78 is 0. The van der Waals surface area contributed by atoms with Gasteiger partial charge in [-0.1, -0.05) is 35.5 Å². The first-order chi connectivity index (χ1) is 9.90. The summed E-state index contributed by atoms with van der Waals surface area (Å²) in [6, 6.07) is 9.77. The maximum absolute atomic E-state index is 11.3. The Balaban J connectivity index is 2.56. The highest BCUT2D eigenvalue weighted by molar-refractivity contribution is 7.99. The molecule has 108 valence electrons. The van der Waals surface area contributed by atoms with E-state index in [1.807, 2.05) is 32.0 Å². The second-order valence-electron chi connectivity index (χ2n) is 4.59. The number of hydrogen-bond donors (Lipinski definition) is 1. The number of benzene rings is 2. The van der Waals surface area contributed by atoms with E-state index in [9.17, 15) is 20.0 Å².